The molecule has 0 bridgehead atoms. The zero-order valence-corrected chi connectivity index (χ0v) is 13.6. The van der Waals surface area contributed by atoms with Crippen molar-refractivity contribution in [2.75, 3.05) is 13.2 Å². The van der Waals surface area contributed by atoms with Crippen LogP contribution in [0.5, 0.6) is 0 Å². The quantitative estimate of drug-likeness (QED) is 0.474. The highest BCUT2D eigenvalue weighted by Gasteiger charge is 2.16. The van der Waals surface area contributed by atoms with Crippen LogP contribution in [0, 0.1) is 6.92 Å². The van der Waals surface area contributed by atoms with Crippen molar-refractivity contribution in [3.63, 3.8) is 0 Å². The summed E-state index contributed by atoms with van der Waals surface area (Å²) in [5.74, 6) is 0. The van der Waals surface area contributed by atoms with Crippen LogP contribution in [-0.4, -0.2) is 18.9 Å². The smallest absolute Gasteiger partial charge is 0.303 e. The Kier molecular flexibility index (Phi) is 6.46. The highest BCUT2D eigenvalue weighted by atomic mass is 32.5. The van der Waals surface area contributed by atoms with Crippen LogP contribution in [0.4, 0.5) is 0 Å². The number of hydrazone groups is 1. The first-order chi connectivity index (χ1) is 8.50. The first-order valence-corrected chi connectivity index (χ1v) is 9.23. The molecule has 18 heavy (non-hydrogen) atoms. The minimum atomic E-state index is -2.49. The molecule has 0 spiro atoms. The van der Waals surface area contributed by atoms with E-state index in [0.29, 0.717) is 13.2 Å². The van der Waals surface area contributed by atoms with Gasteiger partial charge in [0.05, 0.1) is 23.8 Å². The maximum absolute atomic E-state index is 5.45. The van der Waals surface area contributed by atoms with E-state index in [-0.39, 0.29) is 0 Å². The van der Waals surface area contributed by atoms with E-state index in [9.17, 15) is 0 Å². The van der Waals surface area contributed by atoms with Crippen LogP contribution < -0.4 is 5.20 Å². The van der Waals surface area contributed by atoms with Gasteiger partial charge in [0.2, 0.25) is 0 Å². The van der Waals surface area contributed by atoms with Crippen molar-refractivity contribution in [3.05, 3.63) is 21.9 Å². The van der Waals surface area contributed by atoms with Gasteiger partial charge in [-0.3, -0.25) is 0 Å². The Morgan fingerprint density at radius 3 is 2.44 bits per heavy atom. The van der Waals surface area contributed by atoms with Gasteiger partial charge in [0.25, 0.3) is 0 Å². The predicted molar refractivity (Wildman–Crippen MR) is 81.9 cm³/mol. The summed E-state index contributed by atoms with van der Waals surface area (Å²) in [4.78, 5) is 2.38. The van der Waals surface area contributed by atoms with Crippen LogP contribution in [0.15, 0.2) is 17.2 Å². The van der Waals surface area contributed by atoms with E-state index in [4.69, 9.17) is 20.9 Å². The van der Waals surface area contributed by atoms with Crippen molar-refractivity contribution >= 4 is 35.5 Å². The highest BCUT2D eigenvalue weighted by molar-refractivity contribution is 8.08. The minimum absolute atomic E-state index is 0.511. The average Bonchev–Trinajstić information content (AvgIpc) is 2.74. The molecular weight excluding hydrogens is 287 g/mol. The Hall–Kier alpha value is -0.260. The molecule has 7 heteroatoms. The van der Waals surface area contributed by atoms with Crippen molar-refractivity contribution < 1.29 is 9.05 Å². The fourth-order valence-electron chi connectivity index (χ4n) is 1.26. The Bertz CT molecular complexity index is 450. The number of aryl methyl sites for hydroxylation is 1. The third kappa shape index (κ3) is 4.78. The van der Waals surface area contributed by atoms with Crippen LogP contribution in [0.3, 0.4) is 0 Å². The van der Waals surface area contributed by atoms with E-state index in [0.717, 1.165) is 10.6 Å². The van der Waals surface area contributed by atoms with Crippen molar-refractivity contribution in [1.82, 2.24) is 5.20 Å². The molecule has 102 valence electrons. The van der Waals surface area contributed by atoms with Gasteiger partial charge in [-0.2, -0.15) is 5.10 Å². The lowest BCUT2D eigenvalue weighted by atomic mass is 10.3. The van der Waals surface area contributed by atoms with Crippen molar-refractivity contribution in [3.8, 4) is 0 Å². The van der Waals surface area contributed by atoms with Gasteiger partial charge in [0.1, 0.15) is 0 Å². The molecule has 1 heterocycles. The number of nitrogens with zero attached hydrogens (tertiary/aromatic N) is 1. The minimum Gasteiger partial charge on any atom is -0.313 e. The topological polar surface area (TPSA) is 42.8 Å². The zero-order valence-electron chi connectivity index (χ0n) is 11.1. The molecule has 0 aliphatic rings. The molecular formula is C11H19N2O2PS2. The van der Waals surface area contributed by atoms with Crippen LogP contribution in [-0.2, 0) is 20.9 Å². The van der Waals surface area contributed by atoms with E-state index in [1.807, 2.05) is 26.8 Å². The Balaban J connectivity index is 2.74. The molecule has 0 radical (unpaired) electrons. The second-order valence-corrected chi connectivity index (χ2v) is 7.98. The first kappa shape index (κ1) is 15.8. The zero-order chi connectivity index (χ0) is 13.6. The first-order valence-electron chi connectivity index (χ1n) is 5.78. The molecule has 0 saturated heterocycles. The summed E-state index contributed by atoms with van der Waals surface area (Å²) >= 11 is 7.02. The number of rotatable bonds is 7. The lowest BCUT2D eigenvalue weighted by molar-refractivity contribution is 0.259. The molecule has 0 unspecified atom stereocenters. The third-order valence-corrected chi connectivity index (χ3v) is 5.56. The van der Waals surface area contributed by atoms with Gasteiger partial charge < -0.3 is 9.05 Å². The standard InChI is InChI=1S/C11H19N2O2PS2/c1-5-14-16(17,15-6-2)13-12-10(4)11-8-7-9(3)18-11/h7-8H,5-6H2,1-4H3,(H,13,17). The van der Waals surface area contributed by atoms with E-state index in [1.165, 1.54) is 4.88 Å². The summed E-state index contributed by atoms with van der Waals surface area (Å²) in [7, 11) is 0. The van der Waals surface area contributed by atoms with E-state index < -0.39 is 6.64 Å². The van der Waals surface area contributed by atoms with Crippen molar-refractivity contribution in [2.45, 2.75) is 27.7 Å². The summed E-state index contributed by atoms with van der Waals surface area (Å²) in [5.41, 5.74) is 0.890. The molecule has 0 fully saturated rings. The average molecular weight is 306 g/mol. The largest absolute Gasteiger partial charge is 0.313 e. The van der Waals surface area contributed by atoms with Gasteiger partial charge in [0, 0.05) is 4.88 Å². The third-order valence-electron chi connectivity index (χ3n) is 2.04. The number of hydrogen-bond donors (Lipinski definition) is 1. The predicted octanol–water partition coefficient (Wildman–Crippen LogP) is 3.67. The van der Waals surface area contributed by atoms with E-state index >= 15 is 0 Å². The van der Waals surface area contributed by atoms with E-state index in [2.05, 4.69) is 23.3 Å². The van der Waals surface area contributed by atoms with Gasteiger partial charge in [-0.15, -0.1) is 11.3 Å². The maximum atomic E-state index is 5.45. The van der Waals surface area contributed by atoms with Gasteiger partial charge in [-0.25, -0.2) is 5.20 Å². The van der Waals surface area contributed by atoms with Crippen LogP contribution in [0.2, 0.25) is 0 Å². The number of thiophene rings is 1. The Morgan fingerprint density at radius 1 is 1.39 bits per heavy atom. The van der Waals surface area contributed by atoms with Gasteiger partial charge >= 0.3 is 6.64 Å². The monoisotopic (exact) mass is 306 g/mol. The molecule has 0 aliphatic carbocycles. The van der Waals surface area contributed by atoms with Crippen molar-refractivity contribution in [1.29, 1.82) is 0 Å². The van der Waals surface area contributed by atoms with Crippen molar-refractivity contribution in [2.24, 2.45) is 5.10 Å². The molecule has 0 atom stereocenters. The number of nitrogens with one attached hydrogen (secondary N) is 1. The number of hydrogen-bond acceptors (Lipinski definition) is 5. The molecule has 0 aliphatic heterocycles. The highest BCUT2D eigenvalue weighted by Crippen LogP contribution is 2.43. The molecule has 1 rings (SSSR count). The molecule has 1 N–H and O–H groups in total. The van der Waals surface area contributed by atoms with Crippen LogP contribution in [0.25, 0.3) is 0 Å². The second kappa shape index (κ2) is 7.36. The summed E-state index contributed by atoms with van der Waals surface area (Å²) in [5, 5.41) is 7.17. The molecule has 0 amide bonds. The molecule has 0 saturated carbocycles. The Morgan fingerprint density at radius 2 is 2.00 bits per heavy atom. The summed E-state index contributed by atoms with van der Waals surface area (Å²) < 4.78 is 10.9. The molecule has 1 aromatic rings. The van der Waals surface area contributed by atoms with Crippen LogP contribution in [0.1, 0.15) is 30.5 Å². The summed E-state index contributed by atoms with van der Waals surface area (Å²) in [6.07, 6.45) is 0. The molecule has 1 aromatic heterocycles. The Labute approximate surface area is 118 Å². The van der Waals surface area contributed by atoms with Gasteiger partial charge in [-0.1, -0.05) is 0 Å². The molecule has 4 nitrogen and oxygen atoms in total. The summed E-state index contributed by atoms with van der Waals surface area (Å²) in [6.45, 7) is 6.32. The molecule has 0 aromatic carbocycles. The SMILES string of the molecule is CCOP(=S)(NN=C(C)c1ccc(C)s1)OCC. The normalized spacial score (nSPS) is 12.8. The lowest BCUT2D eigenvalue weighted by Gasteiger charge is -2.19. The fraction of sp³-hybridized carbons (Fsp3) is 0.545. The fourth-order valence-corrected chi connectivity index (χ4v) is 3.96. The van der Waals surface area contributed by atoms with Crippen LogP contribution >= 0.6 is 18.0 Å². The lowest BCUT2D eigenvalue weighted by Crippen LogP contribution is -2.11. The summed E-state index contributed by atoms with van der Waals surface area (Å²) in [6, 6.07) is 4.12. The van der Waals surface area contributed by atoms with Gasteiger partial charge in [-0.05, 0) is 51.6 Å². The van der Waals surface area contributed by atoms with Gasteiger partial charge in [0.15, 0.2) is 0 Å². The maximum Gasteiger partial charge on any atom is 0.303 e. The van der Waals surface area contributed by atoms with E-state index in [1.54, 1.807) is 11.3 Å². The second-order valence-electron chi connectivity index (χ2n) is 3.54.